The summed E-state index contributed by atoms with van der Waals surface area (Å²) in [6, 6.07) is 16.2. The summed E-state index contributed by atoms with van der Waals surface area (Å²) in [5.74, 6) is 1.26. The first kappa shape index (κ1) is 18.5. The third-order valence-corrected chi connectivity index (χ3v) is 5.38. The summed E-state index contributed by atoms with van der Waals surface area (Å²) < 4.78 is 12.0. The van der Waals surface area contributed by atoms with E-state index >= 15 is 0 Å². The number of aromatic nitrogens is 1. The summed E-state index contributed by atoms with van der Waals surface area (Å²) in [6.07, 6.45) is 1.59. The Balaban J connectivity index is 1.74. The van der Waals surface area contributed by atoms with Crippen LogP contribution in [0.15, 0.2) is 65.3 Å². The van der Waals surface area contributed by atoms with Crippen LogP contribution in [0.3, 0.4) is 0 Å². The molecular weight excluding hydrogens is 396 g/mol. The second kappa shape index (κ2) is 8.04. The van der Waals surface area contributed by atoms with Crippen LogP contribution in [0.4, 0.5) is 5.13 Å². The van der Waals surface area contributed by atoms with Crippen molar-refractivity contribution in [3.63, 3.8) is 0 Å². The van der Waals surface area contributed by atoms with Crippen LogP contribution in [-0.4, -0.2) is 17.5 Å². The molecule has 0 spiro atoms. The maximum absolute atomic E-state index is 13.2. The van der Waals surface area contributed by atoms with E-state index in [1.807, 2.05) is 31.2 Å². The van der Waals surface area contributed by atoms with Crippen LogP contribution in [0.1, 0.15) is 23.0 Å². The fourth-order valence-corrected chi connectivity index (χ4v) is 4.01. The average Bonchev–Trinajstić information content (AvgIpc) is 3.35. The molecule has 0 atom stereocenters. The highest BCUT2D eigenvalue weighted by Gasteiger charge is 2.23. The molecule has 5 nitrogen and oxygen atoms in total. The minimum Gasteiger partial charge on any atom is -0.494 e. The zero-order chi connectivity index (χ0) is 19.5. The molecule has 0 aliphatic heterocycles. The summed E-state index contributed by atoms with van der Waals surface area (Å²) >= 11 is 7.51. The van der Waals surface area contributed by atoms with Gasteiger partial charge in [-0.3, -0.25) is 9.69 Å². The Morgan fingerprint density at radius 3 is 2.86 bits per heavy atom. The largest absolute Gasteiger partial charge is 0.494 e. The topological polar surface area (TPSA) is 55.6 Å². The number of halogens is 1. The lowest BCUT2D eigenvalue weighted by Crippen LogP contribution is -2.30. The SMILES string of the molecule is CCOc1ccc2nc(N(Cc3ccco3)C(=O)c3cccc(Cl)c3)sc2c1. The molecule has 142 valence electrons. The van der Waals surface area contributed by atoms with Crippen LogP contribution < -0.4 is 9.64 Å². The molecule has 0 saturated heterocycles. The molecule has 7 heteroatoms. The molecule has 28 heavy (non-hydrogen) atoms. The number of amides is 1. The average molecular weight is 413 g/mol. The molecule has 0 saturated carbocycles. The predicted octanol–water partition coefficient (Wildman–Crippen LogP) is 5.79. The number of carbonyl (C=O) groups is 1. The lowest BCUT2D eigenvalue weighted by Gasteiger charge is -2.18. The first-order chi connectivity index (χ1) is 13.6. The zero-order valence-corrected chi connectivity index (χ0v) is 16.7. The van der Waals surface area contributed by atoms with Crippen molar-refractivity contribution in [2.75, 3.05) is 11.5 Å². The Hall–Kier alpha value is -2.83. The van der Waals surface area contributed by atoms with Gasteiger partial charge in [0.2, 0.25) is 0 Å². The van der Waals surface area contributed by atoms with E-state index in [-0.39, 0.29) is 12.5 Å². The lowest BCUT2D eigenvalue weighted by molar-refractivity contribution is 0.0983. The molecule has 0 radical (unpaired) electrons. The number of fused-ring (bicyclic) bond motifs is 1. The van der Waals surface area contributed by atoms with Crippen molar-refractivity contribution < 1.29 is 13.9 Å². The highest BCUT2D eigenvalue weighted by atomic mass is 35.5. The van der Waals surface area contributed by atoms with Crippen molar-refractivity contribution in [2.45, 2.75) is 13.5 Å². The number of ether oxygens (including phenoxy) is 1. The molecule has 0 aliphatic carbocycles. The Morgan fingerprint density at radius 1 is 1.21 bits per heavy atom. The third-order valence-electron chi connectivity index (χ3n) is 4.10. The van der Waals surface area contributed by atoms with E-state index in [0.717, 1.165) is 16.0 Å². The molecule has 4 rings (SSSR count). The van der Waals surface area contributed by atoms with Crippen LogP contribution in [0.25, 0.3) is 10.2 Å². The van der Waals surface area contributed by atoms with E-state index < -0.39 is 0 Å². The Morgan fingerprint density at radius 2 is 2.11 bits per heavy atom. The van der Waals surface area contributed by atoms with Gasteiger partial charge in [0, 0.05) is 10.6 Å². The highest BCUT2D eigenvalue weighted by molar-refractivity contribution is 7.22. The van der Waals surface area contributed by atoms with Gasteiger partial charge in [-0.05, 0) is 55.5 Å². The summed E-state index contributed by atoms with van der Waals surface area (Å²) in [7, 11) is 0. The fourth-order valence-electron chi connectivity index (χ4n) is 2.83. The van der Waals surface area contributed by atoms with Crippen molar-refractivity contribution in [1.82, 2.24) is 4.98 Å². The third kappa shape index (κ3) is 3.88. The van der Waals surface area contributed by atoms with Gasteiger partial charge in [-0.25, -0.2) is 4.98 Å². The number of carbonyl (C=O) groups excluding carboxylic acids is 1. The molecule has 2 heterocycles. The number of hydrogen-bond donors (Lipinski definition) is 0. The normalized spacial score (nSPS) is 10.9. The first-order valence-electron chi connectivity index (χ1n) is 8.77. The van der Waals surface area contributed by atoms with Crippen molar-refractivity contribution in [1.29, 1.82) is 0 Å². The molecule has 2 aromatic carbocycles. The van der Waals surface area contributed by atoms with Crippen LogP contribution in [0.5, 0.6) is 5.75 Å². The van der Waals surface area contributed by atoms with Gasteiger partial charge in [0.15, 0.2) is 5.13 Å². The number of furan rings is 1. The molecule has 0 bridgehead atoms. The number of nitrogens with zero attached hydrogens (tertiary/aromatic N) is 2. The highest BCUT2D eigenvalue weighted by Crippen LogP contribution is 2.33. The molecule has 0 unspecified atom stereocenters. The molecule has 2 aromatic heterocycles. The second-order valence-electron chi connectivity index (χ2n) is 6.04. The van der Waals surface area contributed by atoms with Gasteiger partial charge < -0.3 is 9.15 Å². The minimum atomic E-state index is -0.192. The van der Waals surface area contributed by atoms with Crippen molar-refractivity contribution in [2.24, 2.45) is 0 Å². The van der Waals surface area contributed by atoms with Gasteiger partial charge in [-0.2, -0.15) is 0 Å². The number of rotatable bonds is 6. The molecule has 0 aliphatic rings. The van der Waals surface area contributed by atoms with Gasteiger partial charge >= 0.3 is 0 Å². The summed E-state index contributed by atoms with van der Waals surface area (Å²) in [6.45, 7) is 2.81. The smallest absolute Gasteiger partial charge is 0.260 e. The summed E-state index contributed by atoms with van der Waals surface area (Å²) in [5.41, 5.74) is 1.31. The van der Waals surface area contributed by atoms with Crippen LogP contribution in [0.2, 0.25) is 5.02 Å². The van der Waals surface area contributed by atoms with Crippen LogP contribution in [0, 0.1) is 0 Å². The maximum atomic E-state index is 13.2. The molecule has 0 fully saturated rings. The zero-order valence-electron chi connectivity index (χ0n) is 15.1. The summed E-state index contributed by atoms with van der Waals surface area (Å²) in [5, 5.41) is 1.10. The summed E-state index contributed by atoms with van der Waals surface area (Å²) in [4.78, 5) is 19.5. The first-order valence-corrected chi connectivity index (χ1v) is 9.96. The Labute approximate surface area is 171 Å². The van der Waals surface area contributed by atoms with E-state index in [2.05, 4.69) is 4.98 Å². The quantitative estimate of drug-likeness (QED) is 0.402. The lowest BCUT2D eigenvalue weighted by atomic mass is 10.2. The van der Waals surface area contributed by atoms with Gasteiger partial charge in [-0.15, -0.1) is 0 Å². The minimum absolute atomic E-state index is 0.192. The Bertz CT molecular complexity index is 1110. The van der Waals surface area contributed by atoms with Gasteiger partial charge in [0.25, 0.3) is 5.91 Å². The Kier molecular flexibility index (Phi) is 5.32. The number of hydrogen-bond acceptors (Lipinski definition) is 5. The monoisotopic (exact) mass is 412 g/mol. The number of thiazole rings is 1. The van der Waals surface area contributed by atoms with Crippen LogP contribution >= 0.6 is 22.9 Å². The standard InChI is InChI=1S/C21H17ClN2O3S/c1-2-26-16-8-9-18-19(12-16)28-21(23-18)24(13-17-7-4-10-27-17)20(25)14-5-3-6-15(22)11-14/h3-12H,2,13H2,1H3. The number of anilines is 1. The maximum Gasteiger partial charge on any atom is 0.260 e. The molecule has 0 N–H and O–H groups in total. The van der Waals surface area contributed by atoms with Gasteiger partial charge in [0.05, 0.1) is 29.6 Å². The van der Waals surface area contributed by atoms with E-state index in [1.54, 1.807) is 41.5 Å². The van der Waals surface area contributed by atoms with Gasteiger partial charge in [-0.1, -0.05) is 29.0 Å². The molecule has 4 aromatic rings. The second-order valence-corrected chi connectivity index (χ2v) is 7.49. The number of benzene rings is 2. The molecule has 1 amide bonds. The van der Waals surface area contributed by atoms with E-state index in [4.69, 9.17) is 20.8 Å². The fraction of sp³-hybridized carbons (Fsp3) is 0.143. The van der Waals surface area contributed by atoms with Crippen molar-refractivity contribution in [3.8, 4) is 5.75 Å². The van der Waals surface area contributed by atoms with Crippen molar-refractivity contribution in [3.05, 3.63) is 77.2 Å². The van der Waals surface area contributed by atoms with E-state index in [9.17, 15) is 4.79 Å². The van der Waals surface area contributed by atoms with E-state index in [0.29, 0.717) is 28.1 Å². The predicted molar refractivity (Wildman–Crippen MR) is 111 cm³/mol. The van der Waals surface area contributed by atoms with Gasteiger partial charge in [0.1, 0.15) is 11.5 Å². The van der Waals surface area contributed by atoms with Crippen molar-refractivity contribution >= 4 is 44.2 Å². The molecular formula is C21H17ClN2O3S. The van der Waals surface area contributed by atoms with Crippen LogP contribution in [-0.2, 0) is 6.54 Å². The van der Waals surface area contributed by atoms with E-state index in [1.165, 1.54) is 11.3 Å².